The summed E-state index contributed by atoms with van der Waals surface area (Å²) in [5.74, 6) is -0.309. The summed E-state index contributed by atoms with van der Waals surface area (Å²) in [6.45, 7) is 2.65. The Morgan fingerprint density at radius 1 is 1.35 bits per heavy atom. The minimum atomic E-state index is -0.309. The van der Waals surface area contributed by atoms with Gasteiger partial charge in [0.05, 0.1) is 23.4 Å². The summed E-state index contributed by atoms with van der Waals surface area (Å²) in [5, 5.41) is 1.09. The van der Waals surface area contributed by atoms with Gasteiger partial charge in [-0.15, -0.1) is 11.3 Å². The third kappa shape index (κ3) is 3.43. The van der Waals surface area contributed by atoms with Crippen LogP contribution in [0.15, 0.2) is 24.3 Å². The topological polar surface area (TPSA) is 65.2 Å². The summed E-state index contributed by atoms with van der Waals surface area (Å²) in [7, 11) is 1.38. The molecule has 2 aromatic rings. The van der Waals surface area contributed by atoms with Crippen LogP contribution in [0.4, 0.5) is 0 Å². The second kappa shape index (κ2) is 6.63. The third-order valence-electron chi connectivity index (χ3n) is 3.03. The van der Waals surface area contributed by atoms with Crippen molar-refractivity contribution in [2.24, 2.45) is 5.73 Å². The van der Waals surface area contributed by atoms with Crippen molar-refractivity contribution in [1.82, 2.24) is 4.98 Å². The van der Waals surface area contributed by atoms with E-state index < -0.39 is 0 Å². The van der Waals surface area contributed by atoms with Crippen molar-refractivity contribution < 1.29 is 9.53 Å². The summed E-state index contributed by atoms with van der Waals surface area (Å²) in [6.07, 6.45) is 1.66. The van der Waals surface area contributed by atoms with Crippen molar-refractivity contribution in [2.75, 3.05) is 13.7 Å². The second-order valence-corrected chi connectivity index (χ2v) is 5.69. The van der Waals surface area contributed by atoms with E-state index in [0.29, 0.717) is 12.1 Å². The van der Waals surface area contributed by atoms with Crippen LogP contribution in [-0.2, 0) is 17.6 Å². The molecule has 1 aromatic heterocycles. The van der Waals surface area contributed by atoms with E-state index >= 15 is 0 Å². The molecular weight excluding hydrogens is 272 g/mol. The van der Waals surface area contributed by atoms with Crippen LogP contribution < -0.4 is 5.73 Å². The Labute approximate surface area is 122 Å². The maximum atomic E-state index is 11.4. The highest BCUT2D eigenvalue weighted by Gasteiger charge is 2.09. The lowest BCUT2D eigenvalue weighted by Gasteiger charge is -2.02. The highest BCUT2D eigenvalue weighted by Crippen LogP contribution is 2.22. The number of esters is 1. The number of ether oxygens (including phenoxy) is 1. The van der Waals surface area contributed by atoms with Gasteiger partial charge in [0.15, 0.2) is 0 Å². The predicted molar refractivity (Wildman–Crippen MR) is 80.2 cm³/mol. The minimum Gasteiger partial charge on any atom is -0.465 e. The van der Waals surface area contributed by atoms with E-state index in [1.807, 2.05) is 19.1 Å². The number of rotatable bonds is 5. The summed E-state index contributed by atoms with van der Waals surface area (Å²) < 4.78 is 4.69. The van der Waals surface area contributed by atoms with Crippen molar-refractivity contribution in [1.29, 1.82) is 0 Å². The number of aryl methyl sites for hydroxylation is 1. The van der Waals surface area contributed by atoms with Crippen LogP contribution in [0.5, 0.6) is 0 Å². The molecule has 20 heavy (non-hydrogen) atoms. The number of nitrogens with zero attached hydrogens (tertiary/aromatic N) is 1. The molecule has 4 nitrogen and oxygen atoms in total. The van der Waals surface area contributed by atoms with Gasteiger partial charge in [0.25, 0.3) is 0 Å². The molecule has 0 radical (unpaired) electrons. The number of benzene rings is 1. The van der Waals surface area contributed by atoms with E-state index in [4.69, 9.17) is 5.73 Å². The standard InChI is InChI=1S/C15H18N2O2S/c1-10-13(20-14(17-10)7-8-16)9-11-3-5-12(6-4-11)15(18)19-2/h3-6H,7-9,16H2,1-2H3. The Bertz CT molecular complexity index is 590. The highest BCUT2D eigenvalue weighted by atomic mass is 32.1. The van der Waals surface area contributed by atoms with Crippen LogP contribution >= 0.6 is 11.3 Å². The quantitative estimate of drug-likeness (QED) is 0.858. The molecule has 2 N–H and O–H groups in total. The second-order valence-electron chi connectivity index (χ2n) is 4.52. The van der Waals surface area contributed by atoms with E-state index in [2.05, 4.69) is 9.72 Å². The van der Waals surface area contributed by atoms with Gasteiger partial charge in [-0.1, -0.05) is 12.1 Å². The average Bonchev–Trinajstić information content (AvgIpc) is 2.79. The smallest absolute Gasteiger partial charge is 0.337 e. The lowest BCUT2D eigenvalue weighted by molar-refractivity contribution is 0.0600. The van der Waals surface area contributed by atoms with E-state index in [9.17, 15) is 4.79 Å². The first-order valence-electron chi connectivity index (χ1n) is 6.46. The van der Waals surface area contributed by atoms with Crippen molar-refractivity contribution in [2.45, 2.75) is 19.8 Å². The molecule has 0 aliphatic carbocycles. The van der Waals surface area contributed by atoms with Crippen molar-refractivity contribution in [3.05, 3.63) is 51.0 Å². The number of thiazole rings is 1. The number of aromatic nitrogens is 1. The number of nitrogens with two attached hydrogens (primary N) is 1. The molecule has 0 saturated heterocycles. The van der Waals surface area contributed by atoms with Gasteiger partial charge in [-0.25, -0.2) is 9.78 Å². The molecule has 0 fully saturated rings. The fourth-order valence-electron chi connectivity index (χ4n) is 1.94. The Kier molecular flexibility index (Phi) is 4.87. The molecule has 0 aliphatic rings. The molecule has 106 valence electrons. The number of hydrogen-bond acceptors (Lipinski definition) is 5. The maximum absolute atomic E-state index is 11.4. The molecule has 5 heteroatoms. The van der Waals surface area contributed by atoms with Crippen LogP contribution in [0.3, 0.4) is 0 Å². The number of hydrogen-bond donors (Lipinski definition) is 1. The lowest BCUT2D eigenvalue weighted by atomic mass is 10.1. The fourth-order valence-corrected chi connectivity index (χ4v) is 3.06. The zero-order chi connectivity index (χ0) is 14.5. The molecule has 1 aromatic carbocycles. The average molecular weight is 290 g/mol. The first-order chi connectivity index (χ1) is 9.63. The van der Waals surface area contributed by atoms with Gasteiger partial charge in [-0.05, 0) is 31.2 Å². The molecule has 0 atom stereocenters. The number of methoxy groups -OCH3 is 1. The van der Waals surface area contributed by atoms with Gasteiger partial charge in [0, 0.05) is 17.7 Å². The predicted octanol–water partition coefficient (Wildman–Crippen LogP) is 2.33. The first kappa shape index (κ1) is 14.7. The molecule has 0 spiro atoms. The first-order valence-corrected chi connectivity index (χ1v) is 7.28. The largest absolute Gasteiger partial charge is 0.465 e. The van der Waals surface area contributed by atoms with Crippen LogP contribution in [0.25, 0.3) is 0 Å². The third-order valence-corrected chi connectivity index (χ3v) is 4.25. The van der Waals surface area contributed by atoms with Crippen LogP contribution in [-0.4, -0.2) is 24.6 Å². The van der Waals surface area contributed by atoms with Crippen LogP contribution in [0.2, 0.25) is 0 Å². The van der Waals surface area contributed by atoms with Gasteiger partial charge in [-0.3, -0.25) is 0 Å². The molecule has 1 heterocycles. The minimum absolute atomic E-state index is 0.309. The van der Waals surface area contributed by atoms with Gasteiger partial charge in [-0.2, -0.15) is 0 Å². The monoisotopic (exact) mass is 290 g/mol. The molecular formula is C15H18N2O2S. The summed E-state index contributed by atoms with van der Waals surface area (Å²) in [6, 6.07) is 7.48. The molecule has 0 amide bonds. The summed E-state index contributed by atoms with van der Waals surface area (Å²) >= 11 is 1.71. The van der Waals surface area contributed by atoms with E-state index in [0.717, 1.165) is 29.1 Å². The molecule has 2 rings (SSSR count). The Morgan fingerprint density at radius 2 is 2.05 bits per heavy atom. The molecule has 0 bridgehead atoms. The zero-order valence-electron chi connectivity index (χ0n) is 11.7. The Balaban J connectivity index is 2.11. The maximum Gasteiger partial charge on any atom is 0.337 e. The van der Waals surface area contributed by atoms with E-state index in [1.54, 1.807) is 23.5 Å². The van der Waals surface area contributed by atoms with Crippen molar-refractivity contribution in [3.8, 4) is 0 Å². The number of carbonyl (C=O) groups is 1. The highest BCUT2D eigenvalue weighted by molar-refractivity contribution is 7.11. The zero-order valence-corrected chi connectivity index (χ0v) is 12.5. The molecule has 0 aliphatic heterocycles. The van der Waals surface area contributed by atoms with Crippen molar-refractivity contribution >= 4 is 17.3 Å². The number of carbonyl (C=O) groups excluding carboxylic acids is 1. The fraction of sp³-hybridized carbons (Fsp3) is 0.333. The van der Waals surface area contributed by atoms with E-state index in [-0.39, 0.29) is 5.97 Å². The van der Waals surface area contributed by atoms with Gasteiger partial charge < -0.3 is 10.5 Å². The Hall–Kier alpha value is -1.72. The lowest BCUT2D eigenvalue weighted by Crippen LogP contribution is -2.01. The summed E-state index contributed by atoms with van der Waals surface area (Å²) in [5.41, 5.74) is 8.35. The van der Waals surface area contributed by atoms with E-state index in [1.165, 1.54) is 12.0 Å². The SMILES string of the molecule is COC(=O)c1ccc(Cc2sc(CCN)nc2C)cc1. The normalized spacial score (nSPS) is 10.6. The van der Waals surface area contributed by atoms with Crippen molar-refractivity contribution in [3.63, 3.8) is 0 Å². The van der Waals surface area contributed by atoms with Gasteiger partial charge >= 0.3 is 5.97 Å². The van der Waals surface area contributed by atoms with Gasteiger partial charge in [0.1, 0.15) is 0 Å². The molecule has 0 unspecified atom stereocenters. The summed E-state index contributed by atoms with van der Waals surface area (Å²) in [4.78, 5) is 17.1. The molecule has 0 saturated carbocycles. The van der Waals surface area contributed by atoms with Crippen LogP contribution in [0.1, 0.15) is 31.5 Å². The Morgan fingerprint density at radius 3 is 2.65 bits per heavy atom. The van der Waals surface area contributed by atoms with Gasteiger partial charge in [0.2, 0.25) is 0 Å². The van der Waals surface area contributed by atoms with Crippen LogP contribution in [0, 0.1) is 6.92 Å².